The van der Waals surface area contributed by atoms with Crippen LogP contribution >= 0.6 is 11.6 Å². The summed E-state index contributed by atoms with van der Waals surface area (Å²) in [5.41, 5.74) is 4.25. The monoisotopic (exact) mass is 299 g/mol. The van der Waals surface area contributed by atoms with Crippen molar-refractivity contribution in [1.82, 2.24) is 19.9 Å². The maximum Gasteiger partial charge on any atom is 0.226 e. The van der Waals surface area contributed by atoms with E-state index in [2.05, 4.69) is 49.5 Å². The zero-order valence-electron chi connectivity index (χ0n) is 11.3. The fraction of sp³-hybridized carbons (Fsp3) is 0.267. The topological polar surface area (TPSA) is 66.5 Å². The molecule has 0 aliphatic heterocycles. The second kappa shape index (κ2) is 5.00. The number of benzene rings is 1. The highest BCUT2D eigenvalue weighted by atomic mass is 35.5. The summed E-state index contributed by atoms with van der Waals surface area (Å²) >= 11 is 5.96. The maximum atomic E-state index is 5.96. The lowest BCUT2D eigenvalue weighted by atomic mass is 9.88. The first-order valence-electron chi connectivity index (χ1n) is 6.99. The SMILES string of the molecule is Clc1nc(NC2CCc3ccccc3C2)c2[nH]cnc2n1. The molecule has 1 atom stereocenters. The lowest BCUT2D eigenvalue weighted by Gasteiger charge is -2.26. The second-order valence-corrected chi connectivity index (χ2v) is 5.63. The van der Waals surface area contributed by atoms with E-state index in [1.54, 1.807) is 6.33 Å². The first-order valence-corrected chi connectivity index (χ1v) is 7.37. The normalized spacial score (nSPS) is 17.7. The highest BCUT2D eigenvalue weighted by molar-refractivity contribution is 6.28. The minimum absolute atomic E-state index is 0.216. The van der Waals surface area contributed by atoms with Gasteiger partial charge in [0.2, 0.25) is 5.28 Å². The molecular weight excluding hydrogens is 286 g/mol. The Kier molecular flexibility index (Phi) is 3.00. The maximum absolute atomic E-state index is 5.96. The number of fused-ring (bicyclic) bond motifs is 2. The molecule has 0 fully saturated rings. The zero-order chi connectivity index (χ0) is 14.2. The van der Waals surface area contributed by atoms with Gasteiger partial charge in [0.15, 0.2) is 11.5 Å². The fourth-order valence-corrected chi connectivity index (χ4v) is 3.09. The van der Waals surface area contributed by atoms with Gasteiger partial charge in [-0.2, -0.15) is 9.97 Å². The summed E-state index contributed by atoms with van der Waals surface area (Å²) in [4.78, 5) is 15.6. The quantitative estimate of drug-likeness (QED) is 0.714. The Morgan fingerprint density at radius 2 is 2.05 bits per heavy atom. The summed E-state index contributed by atoms with van der Waals surface area (Å²) in [6.07, 6.45) is 4.76. The van der Waals surface area contributed by atoms with Crippen LogP contribution in [0.5, 0.6) is 0 Å². The molecule has 21 heavy (non-hydrogen) atoms. The highest BCUT2D eigenvalue weighted by Crippen LogP contribution is 2.25. The third kappa shape index (κ3) is 2.34. The van der Waals surface area contributed by atoms with Crippen molar-refractivity contribution in [3.63, 3.8) is 0 Å². The zero-order valence-corrected chi connectivity index (χ0v) is 12.1. The van der Waals surface area contributed by atoms with E-state index >= 15 is 0 Å². The molecule has 1 unspecified atom stereocenters. The van der Waals surface area contributed by atoms with Crippen molar-refractivity contribution in [1.29, 1.82) is 0 Å². The van der Waals surface area contributed by atoms with Gasteiger partial charge in [-0.15, -0.1) is 0 Å². The van der Waals surface area contributed by atoms with E-state index in [0.717, 1.165) is 30.6 Å². The number of imidazole rings is 1. The average molecular weight is 300 g/mol. The molecule has 2 heterocycles. The summed E-state index contributed by atoms with van der Waals surface area (Å²) in [6.45, 7) is 0. The van der Waals surface area contributed by atoms with Gasteiger partial charge in [-0.25, -0.2) is 4.98 Å². The Bertz CT molecular complexity index is 798. The van der Waals surface area contributed by atoms with Crippen molar-refractivity contribution in [3.8, 4) is 0 Å². The number of halogens is 1. The fourth-order valence-electron chi connectivity index (χ4n) is 2.93. The van der Waals surface area contributed by atoms with Crippen molar-refractivity contribution >= 4 is 28.6 Å². The van der Waals surface area contributed by atoms with Gasteiger partial charge in [-0.1, -0.05) is 24.3 Å². The Labute approximate surface area is 126 Å². The van der Waals surface area contributed by atoms with Crippen LogP contribution in [0, 0.1) is 0 Å². The molecule has 106 valence electrons. The molecule has 4 rings (SSSR count). The van der Waals surface area contributed by atoms with E-state index in [1.807, 2.05) is 0 Å². The highest BCUT2D eigenvalue weighted by Gasteiger charge is 2.20. The van der Waals surface area contributed by atoms with Crippen LogP contribution in [-0.2, 0) is 12.8 Å². The molecule has 2 aromatic heterocycles. The summed E-state index contributed by atoms with van der Waals surface area (Å²) in [5, 5.41) is 3.70. The van der Waals surface area contributed by atoms with Gasteiger partial charge in [-0.05, 0) is 42.0 Å². The van der Waals surface area contributed by atoms with Crippen LogP contribution in [0.15, 0.2) is 30.6 Å². The van der Waals surface area contributed by atoms with E-state index in [0.29, 0.717) is 11.7 Å². The van der Waals surface area contributed by atoms with Gasteiger partial charge in [0, 0.05) is 6.04 Å². The van der Waals surface area contributed by atoms with Crippen LogP contribution in [0.2, 0.25) is 5.28 Å². The molecule has 0 amide bonds. The summed E-state index contributed by atoms with van der Waals surface area (Å²) in [7, 11) is 0. The number of aromatic amines is 1. The standard InChI is InChI=1S/C15H14ClN5/c16-15-20-13-12(17-8-18-13)14(21-15)19-11-6-5-9-3-1-2-4-10(9)7-11/h1-4,8,11H,5-7H2,(H2,17,18,19,20,21). The van der Waals surface area contributed by atoms with Crippen LogP contribution in [0.1, 0.15) is 17.5 Å². The van der Waals surface area contributed by atoms with Crippen molar-refractivity contribution in [2.45, 2.75) is 25.3 Å². The third-order valence-electron chi connectivity index (χ3n) is 3.95. The van der Waals surface area contributed by atoms with Crippen LogP contribution < -0.4 is 5.32 Å². The molecule has 0 bridgehead atoms. The van der Waals surface area contributed by atoms with E-state index in [1.165, 1.54) is 11.1 Å². The van der Waals surface area contributed by atoms with Gasteiger partial charge >= 0.3 is 0 Å². The first kappa shape index (κ1) is 12.6. The largest absolute Gasteiger partial charge is 0.365 e. The molecule has 5 nitrogen and oxygen atoms in total. The lowest BCUT2D eigenvalue weighted by Crippen LogP contribution is -2.28. The molecule has 0 spiro atoms. The molecule has 2 N–H and O–H groups in total. The number of hydrogen-bond donors (Lipinski definition) is 2. The number of nitrogens with zero attached hydrogens (tertiary/aromatic N) is 3. The van der Waals surface area contributed by atoms with Crippen molar-refractivity contribution in [3.05, 3.63) is 47.0 Å². The van der Waals surface area contributed by atoms with E-state index in [4.69, 9.17) is 11.6 Å². The molecule has 0 saturated heterocycles. The van der Waals surface area contributed by atoms with Crippen molar-refractivity contribution in [2.75, 3.05) is 5.32 Å². The van der Waals surface area contributed by atoms with Crippen LogP contribution in [0.4, 0.5) is 5.82 Å². The number of anilines is 1. The summed E-state index contributed by atoms with van der Waals surface area (Å²) in [5.74, 6) is 0.729. The van der Waals surface area contributed by atoms with Crippen LogP contribution in [0.3, 0.4) is 0 Å². The second-order valence-electron chi connectivity index (χ2n) is 5.30. The van der Waals surface area contributed by atoms with Gasteiger partial charge in [-0.3, -0.25) is 0 Å². The van der Waals surface area contributed by atoms with Gasteiger partial charge in [0.05, 0.1) is 6.33 Å². The number of hydrogen-bond acceptors (Lipinski definition) is 4. The number of nitrogens with one attached hydrogen (secondary N) is 2. The van der Waals surface area contributed by atoms with Crippen LogP contribution in [0.25, 0.3) is 11.2 Å². The molecule has 1 aliphatic carbocycles. The predicted molar refractivity (Wildman–Crippen MR) is 82.6 cm³/mol. The van der Waals surface area contributed by atoms with Crippen LogP contribution in [-0.4, -0.2) is 26.0 Å². The molecule has 0 saturated carbocycles. The number of rotatable bonds is 2. The van der Waals surface area contributed by atoms with E-state index < -0.39 is 0 Å². The Balaban J connectivity index is 1.63. The molecule has 0 radical (unpaired) electrons. The first-order chi connectivity index (χ1) is 10.3. The molecular formula is C15H14ClN5. The third-order valence-corrected chi connectivity index (χ3v) is 4.12. The van der Waals surface area contributed by atoms with E-state index in [-0.39, 0.29) is 5.28 Å². The van der Waals surface area contributed by atoms with Crippen molar-refractivity contribution < 1.29 is 0 Å². The summed E-state index contributed by atoms with van der Waals surface area (Å²) < 4.78 is 0. The lowest BCUT2D eigenvalue weighted by molar-refractivity contribution is 0.609. The van der Waals surface area contributed by atoms with Gasteiger partial charge < -0.3 is 10.3 Å². The predicted octanol–water partition coefficient (Wildman–Crippen LogP) is 2.98. The van der Waals surface area contributed by atoms with Crippen molar-refractivity contribution in [2.24, 2.45) is 0 Å². The van der Waals surface area contributed by atoms with E-state index in [9.17, 15) is 0 Å². The Hall–Kier alpha value is -2.14. The molecule has 1 aliphatic rings. The van der Waals surface area contributed by atoms with Gasteiger partial charge in [0.1, 0.15) is 5.52 Å². The smallest absolute Gasteiger partial charge is 0.226 e. The average Bonchev–Trinajstić information content (AvgIpc) is 2.95. The molecule has 1 aromatic carbocycles. The summed E-state index contributed by atoms with van der Waals surface area (Å²) in [6, 6.07) is 8.94. The number of aryl methyl sites for hydroxylation is 1. The van der Waals surface area contributed by atoms with Gasteiger partial charge in [0.25, 0.3) is 0 Å². The number of aromatic nitrogens is 4. The molecule has 3 aromatic rings. The Morgan fingerprint density at radius 1 is 1.19 bits per heavy atom. The minimum atomic E-state index is 0.216. The Morgan fingerprint density at radius 3 is 2.95 bits per heavy atom. The minimum Gasteiger partial charge on any atom is -0.365 e. The molecule has 6 heteroatoms. The number of H-pyrrole nitrogens is 1.